The number of alkyl halides is 3. The highest BCUT2D eigenvalue weighted by atomic mass is 19.4. The van der Waals surface area contributed by atoms with Crippen LogP contribution < -0.4 is 10.7 Å². The van der Waals surface area contributed by atoms with Gasteiger partial charge < -0.3 is 5.32 Å². The van der Waals surface area contributed by atoms with Gasteiger partial charge >= 0.3 is 6.18 Å². The first-order valence-electron chi connectivity index (χ1n) is 9.44. The van der Waals surface area contributed by atoms with Crippen LogP contribution in [0.15, 0.2) is 77.7 Å². The summed E-state index contributed by atoms with van der Waals surface area (Å²) in [6, 6.07) is 16.5. The highest BCUT2D eigenvalue weighted by Gasteiger charge is 2.34. The van der Waals surface area contributed by atoms with Crippen molar-refractivity contribution in [3.63, 3.8) is 0 Å². The smallest absolute Gasteiger partial charge is 0.304 e. The molecule has 0 aliphatic rings. The Kier molecular flexibility index (Phi) is 5.35. The summed E-state index contributed by atoms with van der Waals surface area (Å²) in [6.45, 7) is 1.44. The van der Waals surface area contributed by atoms with Gasteiger partial charge in [-0.05, 0) is 31.2 Å². The minimum atomic E-state index is -4.64. The number of hydrogen-bond donors (Lipinski definition) is 1. The molecule has 162 valence electrons. The van der Waals surface area contributed by atoms with Gasteiger partial charge in [-0.2, -0.15) is 23.4 Å². The van der Waals surface area contributed by atoms with Crippen LogP contribution in [0.4, 0.5) is 19.0 Å². The third kappa shape index (κ3) is 4.15. The van der Waals surface area contributed by atoms with E-state index in [0.717, 1.165) is 22.5 Å². The van der Waals surface area contributed by atoms with Crippen molar-refractivity contribution in [2.75, 3.05) is 5.32 Å². The Morgan fingerprint density at radius 3 is 2.38 bits per heavy atom. The molecule has 0 saturated heterocycles. The average Bonchev–Trinajstić information content (AvgIpc) is 3.22. The second kappa shape index (κ2) is 8.14. The van der Waals surface area contributed by atoms with Crippen LogP contribution >= 0.6 is 0 Å². The summed E-state index contributed by atoms with van der Waals surface area (Å²) >= 11 is 0. The third-order valence-electron chi connectivity index (χ3n) is 4.61. The summed E-state index contributed by atoms with van der Waals surface area (Å²) in [5.41, 5.74) is -1.60. The Morgan fingerprint density at radius 2 is 1.66 bits per heavy atom. The number of nitrogens with one attached hydrogen (secondary N) is 1. The number of anilines is 1. The van der Waals surface area contributed by atoms with Crippen molar-refractivity contribution in [1.29, 1.82) is 0 Å². The van der Waals surface area contributed by atoms with Crippen molar-refractivity contribution in [3.05, 3.63) is 100 Å². The van der Waals surface area contributed by atoms with E-state index in [1.807, 2.05) is 30.3 Å². The molecule has 10 heteroatoms. The van der Waals surface area contributed by atoms with Gasteiger partial charge in [0.2, 0.25) is 5.43 Å². The lowest BCUT2D eigenvalue weighted by molar-refractivity contribution is -0.137. The van der Waals surface area contributed by atoms with Crippen molar-refractivity contribution in [2.24, 2.45) is 0 Å². The average molecular weight is 439 g/mol. The van der Waals surface area contributed by atoms with E-state index in [1.54, 1.807) is 6.20 Å². The van der Waals surface area contributed by atoms with Crippen molar-refractivity contribution < 1.29 is 18.0 Å². The van der Waals surface area contributed by atoms with Crippen LogP contribution in [0.3, 0.4) is 0 Å². The molecule has 0 spiro atoms. The topological polar surface area (TPSA) is 81.8 Å². The normalized spacial score (nSPS) is 11.4. The molecule has 0 saturated carbocycles. The molecule has 32 heavy (non-hydrogen) atoms. The molecule has 4 rings (SSSR count). The first-order chi connectivity index (χ1) is 15.2. The van der Waals surface area contributed by atoms with Gasteiger partial charge in [0.15, 0.2) is 11.5 Å². The maximum absolute atomic E-state index is 13.4. The molecule has 7 nitrogen and oxygen atoms in total. The van der Waals surface area contributed by atoms with Gasteiger partial charge in [-0.1, -0.05) is 30.3 Å². The number of rotatable bonds is 4. The highest BCUT2D eigenvalue weighted by molar-refractivity contribution is 6.02. The van der Waals surface area contributed by atoms with Crippen molar-refractivity contribution >= 4 is 11.7 Å². The molecule has 2 aromatic heterocycles. The molecule has 0 aliphatic carbocycles. The number of halogens is 3. The molecule has 2 aromatic carbocycles. The van der Waals surface area contributed by atoms with E-state index in [1.165, 1.54) is 35.9 Å². The van der Waals surface area contributed by atoms with E-state index in [9.17, 15) is 22.8 Å². The molecule has 0 fully saturated rings. The van der Waals surface area contributed by atoms with Gasteiger partial charge in [-0.25, -0.2) is 9.36 Å². The molecule has 0 unspecified atom stereocenters. The van der Waals surface area contributed by atoms with Gasteiger partial charge in [0.05, 0.1) is 16.9 Å². The van der Waals surface area contributed by atoms with E-state index < -0.39 is 28.8 Å². The van der Waals surface area contributed by atoms with E-state index in [-0.39, 0.29) is 17.2 Å². The summed E-state index contributed by atoms with van der Waals surface area (Å²) in [5.74, 6) is -0.727. The number of hydrogen-bond acceptors (Lipinski definition) is 4. The summed E-state index contributed by atoms with van der Waals surface area (Å²) < 4.78 is 42.8. The summed E-state index contributed by atoms with van der Waals surface area (Å²) in [7, 11) is 0. The Bertz CT molecular complexity index is 1340. The fourth-order valence-corrected chi connectivity index (χ4v) is 3.14. The van der Waals surface area contributed by atoms with E-state index >= 15 is 0 Å². The van der Waals surface area contributed by atoms with Crippen LogP contribution in [0.25, 0.3) is 11.4 Å². The zero-order chi connectivity index (χ0) is 22.9. The van der Waals surface area contributed by atoms with Crippen molar-refractivity contribution in [1.82, 2.24) is 19.6 Å². The number of para-hydroxylation sites is 2. The second-order valence-electron chi connectivity index (χ2n) is 6.86. The number of carbonyl (C=O) groups excluding carboxylic acids is 1. The quantitative estimate of drug-likeness (QED) is 0.521. The number of nitrogens with zero attached hydrogens (tertiary/aromatic N) is 4. The van der Waals surface area contributed by atoms with Crippen LogP contribution in [0, 0.1) is 6.92 Å². The molecular weight excluding hydrogens is 423 g/mol. The predicted octanol–water partition coefficient (Wildman–Crippen LogP) is 4.00. The minimum absolute atomic E-state index is 0.150. The molecule has 0 atom stereocenters. The van der Waals surface area contributed by atoms with E-state index in [0.29, 0.717) is 0 Å². The Balaban J connectivity index is 1.68. The maximum atomic E-state index is 13.4. The van der Waals surface area contributed by atoms with E-state index in [4.69, 9.17) is 0 Å². The zero-order valence-corrected chi connectivity index (χ0v) is 16.7. The Morgan fingerprint density at radius 1 is 0.969 bits per heavy atom. The lowest BCUT2D eigenvalue weighted by Gasteiger charge is -2.16. The van der Waals surface area contributed by atoms with Crippen LogP contribution in [-0.2, 0) is 6.18 Å². The standard InChI is InChI=1S/C22H16F3N5O2/c1-14-13-18(31)20(28-30(14)17-10-6-5-9-16(17)22(23,24)25)21(32)26-19-11-12-29(27-19)15-7-3-2-4-8-15/h2-13H,1H3,(H,26,27,32). The monoisotopic (exact) mass is 439 g/mol. The SMILES string of the molecule is Cc1cc(=O)c(C(=O)Nc2ccn(-c3ccccc3)n2)nn1-c1ccccc1C(F)(F)F. The largest absolute Gasteiger partial charge is 0.418 e. The molecular formula is C22H16F3N5O2. The number of carbonyl (C=O) groups is 1. The first kappa shape index (κ1) is 21.0. The Hall–Kier alpha value is -4.21. The number of amides is 1. The van der Waals surface area contributed by atoms with E-state index in [2.05, 4.69) is 15.5 Å². The molecule has 4 aromatic rings. The van der Waals surface area contributed by atoms with Gasteiger partial charge in [0.25, 0.3) is 5.91 Å². The van der Waals surface area contributed by atoms with Gasteiger partial charge in [0, 0.05) is 24.0 Å². The molecule has 1 amide bonds. The highest BCUT2D eigenvalue weighted by Crippen LogP contribution is 2.33. The van der Waals surface area contributed by atoms with Gasteiger partial charge in [-0.15, -0.1) is 0 Å². The fraction of sp³-hybridized carbons (Fsp3) is 0.0909. The summed E-state index contributed by atoms with van der Waals surface area (Å²) in [5, 5.41) is 10.6. The lowest BCUT2D eigenvalue weighted by Crippen LogP contribution is -2.27. The third-order valence-corrected chi connectivity index (χ3v) is 4.61. The number of benzene rings is 2. The van der Waals surface area contributed by atoms with Crippen LogP contribution in [0.2, 0.25) is 0 Å². The summed E-state index contributed by atoms with van der Waals surface area (Å²) in [6.07, 6.45) is -3.02. The first-order valence-corrected chi connectivity index (χ1v) is 9.44. The second-order valence-corrected chi connectivity index (χ2v) is 6.86. The molecule has 0 radical (unpaired) electrons. The van der Waals surface area contributed by atoms with Gasteiger partial charge in [0.1, 0.15) is 0 Å². The predicted molar refractivity (Wildman–Crippen MR) is 111 cm³/mol. The molecule has 2 heterocycles. The van der Waals surface area contributed by atoms with Crippen LogP contribution in [-0.4, -0.2) is 25.5 Å². The van der Waals surface area contributed by atoms with Crippen LogP contribution in [0.1, 0.15) is 21.7 Å². The van der Waals surface area contributed by atoms with Crippen LogP contribution in [0.5, 0.6) is 0 Å². The minimum Gasteiger partial charge on any atom is -0.304 e. The van der Waals surface area contributed by atoms with Gasteiger partial charge in [-0.3, -0.25) is 9.59 Å². The maximum Gasteiger partial charge on any atom is 0.418 e. The fourth-order valence-electron chi connectivity index (χ4n) is 3.14. The lowest BCUT2D eigenvalue weighted by atomic mass is 10.1. The Labute approximate surface area is 179 Å². The summed E-state index contributed by atoms with van der Waals surface area (Å²) in [4.78, 5) is 25.1. The number of aryl methyl sites for hydroxylation is 1. The molecule has 0 aliphatic heterocycles. The van der Waals surface area contributed by atoms with Crippen molar-refractivity contribution in [2.45, 2.75) is 13.1 Å². The molecule has 0 bridgehead atoms. The van der Waals surface area contributed by atoms with Crippen molar-refractivity contribution in [3.8, 4) is 11.4 Å². The number of aromatic nitrogens is 4. The zero-order valence-electron chi connectivity index (χ0n) is 16.7. The molecule has 1 N–H and O–H groups in total.